The zero-order valence-corrected chi connectivity index (χ0v) is 13.7. The van der Waals surface area contributed by atoms with Gasteiger partial charge in [-0.2, -0.15) is 0 Å². The summed E-state index contributed by atoms with van der Waals surface area (Å²) in [4.78, 5) is 2.76. The number of para-hydroxylation sites is 1. The number of rotatable bonds is 7. The molecule has 0 amide bonds. The Hall–Kier alpha value is -1.13. The number of ether oxygens (including phenoxy) is 1. The third kappa shape index (κ3) is 5.29. The molecule has 0 unspecified atom stereocenters. The van der Waals surface area contributed by atoms with E-state index in [9.17, 15) is 0 Å². The minimum atomic E-state index is 0.390. The van der Waals surface area contributed by atoms with E-state index in [2.05, 4.69) is 11.9 Å². The summed E-state index contributed by atoms with van der Waals surface area (Å²) in [6.07, 6.45) is 6.98. The second-order valence-corrected chi connectivity index (χ2v) is 6.41. The van der Waals surface area contributed by atoms with Gasteiger partial charge >= 0.3 is 0 Å². The van der Waals surface area contributed by atoms with E-state index < -0.39 is 0 Å². The predicted molar refractivity (Wildman–Crippen MR) is 91.9 cm³/mol. The lowest BCUT2D eigenvalue weighted by molar-refractivity contribution is 0.195. The molecule has 0 atom stereocenters. The van der Waals surface area contributed by atoms with Crippen molar-refractivity contribution in [3.05, 3.63) is 29.8 Å². The summed E-state index contributed by atoms with van der Waals surface area (Å²) in [6.45, 7) is 2.78. The van der Waals surface area contributed by atoms with Crippen LogP contribution in [0.4, 0.5) is 0 Å². The van der Waals surface area contributed by atoms with Crippen LogP contribution < -0.4 is 10.5 Å². The van der Waals surface area contributed by atoms with Gasteiger partial charge in [-0.15, -0.1) is 0 Å². The summed E-state index contributed by atoms with van der Waals surface area (Å²) in [5.74, 6) is 1.66. The molecule has 1 aromatic rings. The maximum absolute atomic E-state index is 5.85. The van der Waals surface area contributed by atoms with Crippen molar-refractivity contribution < 1.29 is 4.74 Å². The number of nitrogens with zero attached hydrogens (tertiary/aromatic N) is 1. The fourth-order valence-corrected chi connectivity index (χ4v) is 3.18. The van der Waals surface area contributed by atoms with Crippen molar-refractivity contribution in [1.29, 1.82) is 0 Å². The average molecular weight is 306 g/mol. The molecule has 3 nitrogen and oxygen atoms in total. The summed E-state index contributed by atoms with van der Waals surface area (Å²) in [5, 5.41) is 0. The number of likely N-dealkylation sites (N-methyl/N-ethyl adjacent to an activating group) is 1. The van der Waals surface area contributed by atoms with E-state index in [-0.39, 0.29) is 0 Å². The maximum atomic E-state index is 5.85. The molecule has 1 aromatic carbocycles. The van der Waals surface area contributed by atoms with Crippen molar-refractivity contribution >= 4 is 17.2 Å². The molecule has 4 heteroatoms. The van der Waals surface area contributed by atoms with E-state index >= 15 is 0 Å². The van der Waals surface area contributed by atoms with Crippen molar-refractivity contribution in [3.8, 4) is 5.75 Å². The van der Waals surface area contributed by atoms with Crippen molar-refractivity contribution in [1.82, 2.24) is 4.90 Å². The monoisotopic (exact) mass is 306 g/mol. The highest BCUT2D eigenvalue weighted by Crippen LogP contribution is 2.24. The van der Waals surface area contributed by atoms with Gasteiger partial charge in [0.15, 0.2) is 0 Å². The van der Waals surface area contributed by atoms with E-state index in [4.69, 9.17) is 22.7 Å². The Morgan fingerprint density at radius 3 is 2.71 bits per heavy atom. The van der Waals surface area contributed by atoms with Crippen molar-refractivity contribution in [3.63, 3.8) is 0 Å². The van der Waals surface area contributed by atoms with Gasteiger partial charge in [0.1, 0.15) is 17.3 Å². The molecule has 1 aliphatic carbocycles. The lowest BCUT2D eigenvalue weighted by Crippen LogP contribution is -2.30. The van der Waals surface area contributed by atoms with Gasteiger partial charge in [0.25, 0.3) is 0 Å². The van der Waals surface area contributed by atoms with E-state index in [0.717, 1.165) is 23.8 Å². The summed E-state index contributed by atoms with van der Waals surface area (Å²) >= 11 is 5.05. The van der Waals surface area contributed by atoms with Crippen LogP contribution >= 0.6 is 12.2 Å². The number of hydrogen-bond acceptors (Lipinski definition) is 3. The van der Waals surface area contributed by atoms with E-state index in [0.29, 0.717) is 11.6 Å². The number of nitrogens with two attached hydrogens (primary N) is 1. The standard InChI is InChI=1S/C17H26N2OS/c1-19(13-14-7-3-2-4-8-14)11-12-20-16-10-6-5-9-15(16)17(18)21/h5-6,9-10,14H,2-4,7-8,11-13H2,1H3,(H2,18,21). The van der Waals surface area contributed by atoms with E-state index in [1.807, 2.05) is 24.3 Å². The Bertz CT molecular complexity index is 458. The second-order valence-electron chi connectivity index (χ2n) is 5.98. The van der Waals surface area contributed by atoms with Gasteiger partial charge in [-0.05, 0) is 37.9 Å². The summed E-state index contributed by atoms with van der Waals surface area (Å²) in [5.41, 5.74) is 6.53. The maximum Gasteiger partial charge on any atom is 0.129 e. The molecule has 2 N–H and O–H groups in total. The van der Waals surface area contributed by atoms with Crippen molar-refractivity contribution in [2.45, 2.75) is 32.1 Å². The van der Waals surface area contributed by atoms with Crippen LogP contribution in [0, 0.1) is 5.92 Å². The Morgan fingerprint density at radius 2 is 2.00 bits per heavy atom. The fourth-order valence-electron chi connectivity index (χ4n) is 3.01. The first-order chi connectivity index (χ1) is 10.2. The molecule has 1 fully saturated rings. The zero-order valence-electron chi connectivity index (χ0n) is 12.9. The predicted octanol–water partition coefficient (Wildman–Crippen LogP) is 3.21. The molecule has 2 rings (SSSR count). The minimum Gasteiger partial charge on any atom is -0.492 e. The van der Waals surface area contributed by atoms with Gasteiger partial charge in [0.2, 0.25) is 0 Å². The van der Waals surface area contributed by atoms with Gasteiger partial charge in [0, 0.05) is 13.1 Å². The molecule has 1 aliphatic rings. The molecule has 0 heterocycles. The third-order valence-corrected chi connectivity index (χ3v) is 4.40. The molecular formula is C17H26N2OS. The van der Waals surface area contributed by atoms with Crippen LogP contribution in [0.5, 0.6) is 5.75 Å². The number of thiocarbonyl (C=S) groups is 1. The first-order valence-electron chi connectivity index (χ1n) is 7.87. The Balaban J connectivity index is 1.74. The van der Waals surface area contributed by atoms with Crippen LogP contribution in [0.15, 0.2) is 24.3 Å². The lowest BCUT2D eigenvalue weighted by atomic mass is 9.89. The van der Waals surface area contributed by atoms with Crippen LogP contribution in [0.3, 0.4) is 0 Å². The summed E-state index contributed by atoms with van der Waals surface area (Å²) in [6, 6.07) is 7.71. The SMILES string of the molecule is CN(CCOc1ccccc1C(N)=S)CC1CCCCC1. The Labute approximate surface area is 133 Å². The first kappa shape index (κ1) is 16.2. The van der Waals surface area contributed by atoms with Crippen LogP contribution in [-0.4, -0.2) is 36.6 Å². The van der Waals surface area contributed by atoms with Crippen LogP contribution in [0.2, 0.25) is 0 Å². The van der Waals surface area contributed by atoms with Crippen LogP contribution in [-0.2, 0) is 0 Å². The number of benzene rings is 1. The molecule has 0 bridgehead atoms. The smallest absolute Gasteiger partial charge is 0.129 e. The number of hydrogen-bond donors (Lipinski definition) is 1. The molecule has 0 saturated heterocycles. The second kappa shape index (κ2) is 8.35. The quantitative estimate of drug-likeness (QED) is 0.785. The van der Waals surface area contributed by atoms with Gasteiger partial charge in [-0.1, -0.05) is 43.6 Å². The zero-order chi connectivity index (χ0) is 15.1. The average Bonchev–Trinajstić information content (AvgIpc) is 2.48. The van der Waals surface area contributed by atoms with Crippen molar-refractivity contribution in [2.75, 3.05) is 26.7 Å². The molecule has 0 aliphatic heterocycles. The van der Waals surface area contributed by atoms with Gasteiger partial charge < -0.3 is 15.4 Å². The Morgan fingerprint density at radius 1 is 1.29 bits per heavy atom. The molecule has 0 spiro atoms. The normalized spacial score (nSPS) is 16.1. The van der Waals surface area contributed by atoms with Crippen LogP contribution in [0.25, 0.3) is 0 Å². The van der Waals surface area contributed by atoms with Gasteiger partial charge in [0.05, 0.1) is 5.56 Å². The van der Waals surface area contributed by atoms with E-state index in [1.165, 1.54) is 38.6 Å². The minimum absolute atomic E-state index is 0.390. The summed E-state index contributed by atoms with van der Waals surface area (Å²) in [7, 11) is 2.18. The third-order valence-electron chi connectivity index (χ3n) is 4.18. The van der Waals surface area contributed by atoms with Gasteiger partial charge in [-0.3, -0.25) is 0 Å². The highest BCUT2D eigenvalue weighted by molar-refractivity contribution is 7.80. The lowest BCUT2D eigenvalue weighted by Gasteiger charge is -2.27. The first-order valence-corrected chi connectivity index (χ1v) is 8.28. The molecular weight excluding hydrogens is 280 g/mol. The topological polar surface area (TPSA) is 38.5 Å². The molecule has 0 aromatic heterocycles. The molecule has 116 valence electrons. The highest BCUT2D eigenvalue weighted by atomic mass is 32.1. The fraction of sp³-hybridized carbons (Fsp3) is 0.588. The van der Waals surface area contributed by atoms with E-state index in [1.54, 1.807) is 0 Å². The molecule has 0 radical (unpaired) electrons. The van der Waals surface area contributed by atoms with Crippen LogP contribution in [0.1, 0.15) is 37.7 Å². The molecule has 21 heavy (non-hydrogen) atoms. The largest absolute Gasteiger partial charge is 0.492 e. The van der Waals surface area contributed by atoms with Crippen molar-refractivity contribution in [2.24, 2.45) is 11.7 Å². The van der Waals surface area contributed by atoms with Gasteiger partial charge in [-0.25, -0.2) is 0 Å². The summed E-state index contributed by atoms with van der Waals surface area (Å²) < 4.78 is 5.85. The highest BCUT2D eigenvalue weighted by Gasteiger charge is 2.15. The Kier molecular flexibility index (Phi) is 6.46. The molecule has 1 saturated carbocycles.